The van der Waals surface area contributed by atoms with Gasteiger partial charge < -0.3 is 4.57 Å². The van der Waals surface area contributed by atoms with E-state index in [-0.39, 0.29) is 0 Å². The van der Waals surface area contributed by atoms with Crippen molar-refractivity contribution < 1.29 is 0 Å². The summed E-state index contributed by atoms with van der Waals surface area (Å²) in [7, 11) is 2.00. The molecule has 0 saturated heterocycles. The van der Waals surface area contributed by atoms with Gasteiger partial charge in [0.1, 0.15) is 0 Å². The first-order chi connectivity index (χ1) is 16.7. The highest BCUT2D eigenvalue weighted by Crippen LogP contribution is 2.26. The van der Waals surface area contributed by atoms with Crippen LogP contribution < -0.4 is 0 Å². The Morgan fingerprint density at radius 2 is 1.65 bits per heavy atom. The van der Waals surface area contributed by atoms with Crippen LogP contribution in [0, 0.1) is 11.8 Å². The molecule has 34 heavy (non-hydrogen) atoms. The van der Waals surface area contributed by atoms with E-state index in [2.05, 4.69) is 82.5 Å². The van der Waals surface area contributed by atoms with Crippen LogP contribution in [0.2, 0.25) is 0 Å². The Morgan fingerprint density at radius 1 is 0.853 bits per heavy atom. The molecule has 0 unspecified atom stereocenters. The predicted molar refractivity (Wildman–Crippen MR) is 141 cm³/mol. The first-order valence-electron chi connectivity index (χ1n) is 11.9. The number of nitrogens with zero attached hydrogens (tertiary/aromatic N) is 4. The van der Waals surface area contributed by atoms with E-state index in [0.29, 0.717) is 0 Å². The molecule has 4 aromatic rings. The number of unbranched alkanes of at least 4 members (excludes halogenated alkanes) is 4. The van der Waals surface area contributed by atoms with Crippen molar-refractivity contribution in [3.63, 3.8) is 0 Å². The number of rotatable bonds is 9. The normalized spacial score (nSPS) is 10.6. The van der Waals surface area contributed by atoms with Crippen LogP contribution in [0.3, 0.4) is 0 Å². The van der Waals surface area contributed by atoms with Gasteiger partial charge in [-0.15, -0.1) is 10.2 Å². The Bertz CT molecular complexity index is 1250. The van der Waals surface area contributed by atoms with Gasteiger partial charge in [0.15, 0.2) is 11.0 Å². The number of benzene rings is 2. The third kappa shape index (κ3) is 6.36. The SMILES string of the molecule is CCCCCCC#Cc1cncc(-c2nnc(SCc3ccc(-c4ccccc4)cc3)n2C)c1. The number of aromatic nitrogens is 4. The molecule has 172 valence electrons. The van der Waals surface area contributed by atoms with Crippen LogP contribution >= 0.6 is 11.8 Å². The van der Waals surface area contributed by atoms with Crippen LogP contribution in [0.1, 0.15) is 50.2 Å². The largest absolute Gasteiger partial charge is 0.305 e. The van der Waals surface area contributed by atoms with E-state index in [0.717, 1.165) is 40.7 Å². The second kappa shape index (κ2) is 12.2. The maximum absolute atomic E-state index is 4.43. The number of pyridine rings is 1. The maximum Gasteiger partial charge on any atom is 0.191 e. The lowest BCUT2D eigenvalue weighted by molar-refractivity contribution is 0.679. The lowest BCUT2D eigenvalue weighted by Gasteiger charge is -2.06. The number of thioether (sulfide) groups is 1. The molecule has 0 atom stereocenters. The molecule has 0 radical (unpaired) electrons. The monoisotopic (exact) mass is 466 g/mol. The fourth-order valence-corrected chi connectivity index (χ4v) is 4.57. The topological polar surface area (TPSA) is 43.6 Å². The van der Waals surface area contributed by atoms with Crippen molar-refractivity contribution >= 4 is 11.8 Å². The second-order valence-corrected chi connectivity index (χ2v) is 9.23. The maximum atomic E-state index is 4.43. The van der Waals surface area contributed by atoms with Gasteiger partial charge in [0.2, 0.25) is 0 Å². The first kappa shape index (κ1) is 23.8. The summed E-state index contributed by atoms with van der Waals surface area (Å²) in [5.74, 6) is 8.16. The Hall–Kier alpha value is -3.36. The van der Waals surface area contributed by atoms with E-state index in [1.807, 2.05) is 36.1 Å². The van der Waals surface area contributed by atoms with Gasteiger partial charge in [-0.2, -0.15) is 0 Å². The van der Waals surface area contributed by atoms with Crippen molar-refractivity contribution in [2.24, 2.45) is 7.05 Å². The minimum atomic E-state index is 0.807. The zero-order valence-corrected chi connectivity index (χ0v) is 20.7. The first-order valence-corrected chi connectivity index (χ1v) is 12.8. The Kier molecular flexibility index (Phi) is 8.54. The molecular weight excluding hydrogens is 436 g/mol. The second-order valence-electron chi connectivity index (χ2n) is 8.29. The van der Waals surface area contributed by atoms with E-state index in [9.17, 15) is 0 Å². The fraction of sp³-hybridized carbons (Fsp3) is 0.276. The fourth-order valence-electron chi connectivity index (χ4n) is 3.70. The van der Waals surface area contributed by atoms with Crippen LogP contribution in [-0.4, -0.2) is 19.7 Å². The molecule has 0 amide bonds. The zero-order valence-electron chi connectivity index (χ0n) is 19.9. The molecule has 0 N–H and O–H groups in total. The van der Waals surface area contributed by atoms with Crippen molar-refractivity contribution in [2.75, 3.05) is 0 Å². The van der Waals surface area contributed by atoms with Gasteiger partial charge in [0.25, 0.3) is 0 Å². The quantitative estimate of drug-likeness (QED) is 0.149. The molecule has 5 heteroatoms. The summed E-state index contributed by atoms with van der Waals surface area (Å²) in [4.78, 5) is 4.38. The van der Waals surface area contributed by atoms with E-state index >= 15 is 0 Å². The van der Waals surface area contributed by atoms with Gasteiger partial charge in [-0.25, -0.2) is 0 Å². The van der Waals surface area contributed by atoms with Crippen LogP contribution in [0.15, 0.2) is 78.2 Å². The van der Waals surface area contributed by atoms with Crippen molar-refractivity contribution in [3.05, 3.63) is 84.2 Å². The van der Waals surface area contributed by atoms with Gasteiger partial charge in [-0.1, -0.05) is 104 Å². The van der Waals surface area contributed by atoms with E-state index < -0.39 is 0 Å². The lowest BCUT2D eigenvalue weighted by Crippen LogP contribution is -1.96. The summed E-state index contributed by atoms with van der Waals surface area (Å²) in [6.45, 7) is 2.22. The molecule has 2 aromatic heterocycles. The van der Waals surface area contributed by atoms with E-state index in [4.69, 9.17) is 0 Å². The summed E-state index contributed by atoms with van der Waals surface area (Å²) >= 11 is 1.69. The number of hydrogen-bond donors (Lipinski definition) is 0. The summed E-state index contributed by atoms with van der Waals surface area (Å²) in [6.07, 6.45) is 9.51. The summed E-state index contributed by atoms with van der Waals surface area (Å²) in [6, 6.07) is 21.2. The molecule has 0 aliphatic carbocycles. The molecule has 0 spiro atoms. The summed E-state index contributed by atoms with van der Waals surface area (Å²) in [5, 5.41) is 9.73. The highest BCUT2D eigenvalue weighted by molar-refractivity contribution is 7.98. The molecule has 2 aromatic carbocycles. The summed E-state index contributed by atoms with van der Waals surface area (Å²) < 4.78 is 2.03. The molecule has 0 bridgehead atoms. The van der Waals surface area contributed by atoms with Crippen molar-refractivity contribution in [1.82, 2.24) is 19.7 Å². The van der Waals surface area contributed by atoms with Crippen LogP contribution in [0.25, 0.3) is 22.5 Å². The average Bonchev–Trinajstić information content (AvgIpc) is 3.26. The minimum Gasteiger partial charge on any atom is -0.305 e. The molecule has 0 aliphatic heterocycles. The van der Waals surface area contributed by atoms with Crippen LogP contribution in [0.4, 0.5) is 0 Å². The average molecular weight is 467 g/mol. The predicted octanol–water partition coefficient (Wildman–Crippen LogP) is 7.16. The van der Waals surface area contributed by atoms with Crippen LogP contribution in [-0.2, 0) is 12.8 Å². The smallest absolute Gasteiger partial charge is 0.191 e. The Labute approximate surface area is 206 Å². The molecule has 0 aliphatic rings. The zero-order chi connectivity index (χ0) is 23.6. The van der Waals surface area contributed by atoms with Gasteiger partial charge >= 0.3 is 0 Å². The molecule has 0 saturated carbocycles. The van der Waals surface area contributed by atoms with E-state index in [1.165, 1.54) is 36.0 Å². The van der Waals surface area contributed by atoms with E-state index in [1.54, 1.807) is 11.8 Å². The van der Waals surface area contributed by atoms with Gasteiger partial charge in [-0.3, -0.25) is 4.98 Å². The third-order valence-corrected chi connectivity index (χ3v) is 6.74. The highest BCUT2D eigenvalue weighted by atomic mass is 32.2. The van der Waals surface area contributed by atoms with Gasteiger partial charge in [0, 0.05) is 42.7 Å². The van der Waals surface area contributed by atoms with Gasteiger partial charge in [0.05, 0.1) is 0 Å². The Balaban J connectivity index is 1.38. The van der Waals surface area contributed by atoms with Crippen molar-refractivity contribution in [3.8, 4) is 34.4 Å². The van der Waals surface area contributed by atoms with Crippen molar-refractivity contribution in [1.29, 1.82) is 0 Å². The van der Waals surface area contributed by atoms with Crippen LogP contribution in [0.5, 0.6) is 0 Å². The number of hydrogen-bond acceptors (Lipinski definition) is 4. The van der Waals surface area contributed by atoms with Gasteiger partial charge in [-0.05, 0) is 29.2 Å². The molecule has 0 fully saturated rings. The van der Waals surface area contributed by atoms with Crippen molar-refractivity contribution in [2.45, 2.75) is 49.9 Å². The standard InChI is InChI=1S/C29H30N4S/c1-3-4-5-6-7-9-12-24-19-27(21-30-20-24)28-31-32-29(33(28)2)34-22-23-15-17-26(18-16-23)25-13-10-8-11-14-25/h8,10-11,13-21H,3-7,22H2,1-2H3. The molecular formula is C29H30N4S. The molecule has 2 heterocycles. The molecule has 4 nitrogen and oxygen atoms in total. The summed E-state index contributed by atoms with van der Waals surface area (Å²) in [5.41, 5.74) is 5.58. The third-order valence-electron chi connectivity index (χ3n) is 5.65. The highest BCUT2D eigenvalue weighted by Gasteiger charge is 2.12. The lowest BCUT2D eigenvalue weighted by atomic mass is 10.0. The molecule has 4 rings (SSSR count). The minimum absolute atomic E-state index is 0.807. The Morgan fingerprint density at radius 3 is 2.44 bits per heavy atom.